The minimum Gasteiger partial charge on any atom is -0.462 e. The summed E-state index contributed by atoms with van der Waals surface area (Å²) in [5.74, 6) is 2.98. The van der Waals surface area contributed by atoms with Crippen molar-refractivity contribution in [2.45, 2.75) is 124 Å². The maximum Gasteiger partial charge on any atom is 0.302 e. The lowest BCUT2D eigenvalue weighted by molar-refractivity contribution is -0.148. The average molecular weight is 611 g/mol. The standard InChI is InChI=1S/C36H54N2O4S/c1-23(2)9-8-10-25(4)30-15-16-31-34-32(18-20-36(30,31)7)35(6)19-17-28(42-26(5)39)21-27(35)22-33(34)37-38-43(40,41)29-13-11-24(3)12-14-29/h11-14,22-23,25,28,30-32,34,38H,8-10,15-21H2,1-7H3/b37-33+/t25-,28+,30+,31+,32+,34+,35+,36-/m1/s1. The Morgan fingerprint density at radius 3 is 2.42 bits per heavy atom. The van der Waals surface area contributed by atoms with E-state index in [-0.39, 0.29) is 33.7 Å². The number of nitrogens with zero attached hydrogens (tertiary/aromatic N) is 1. The fraction of sp³-hybridized carbons (Fsp3) is 0.722. The smallest absolute Gasteiger partial charge is 0.302 e. The molecular weight excluding hydrogens is 556 g/mol. The second kappa shape index (κ2) is 12.3. The van der Waals surface area contributed by atoms with Crippen molar-refractivity contribution >= 4 is 21.7 Å². The van der Waals surface area contributed by atoms with Gasteiger partial charge in [-0.1, -0.05) is 77.2 Å². The van der Waals surface area contributed by atoms with Crippen molar-refractivity contribution in [2.75, 3.05) is 0 Å². The number of nitrogens with one attached hydrogen (secondary N) is 1. The van der Waals surface area contributed by atoms with Crippen LogP contribution in [0.25, 0.3) is 0 Å². The molecule has 6 nitrogen and oxygen atoms in total. The molecule has 0 unspecified atom stereocenters. The highest BCUT2D eigenvalue weighted by Gasteiger charge is 2.61. The van der Waals surface area contributed by atoms with E-state index >= 15 is 0 Å². The van der Waals surface area contributed by atoms with Gasteiger partial charge in [0.15, 0.2) is 0 Å². The van der Waals surface area contributed by atoms with Crippen LogP contribution in [0.2, 0.25) is 0 Å². The van der Waals surface area contributed by atoms with E-state index in [2.05, 4.69) is 45.5 Å². The molecule has 7 heteroatoms. The maximum atomic E-state index is 13.3. The highest BCUT2D eigenvalue weighted by molar-refractivity contribution is 7.89. The lowest BCUT2D eigenvalue weighted by Gasteiger charge is -2.58. The first kappa shape index (κ1) is 32.2. The number of aryl methyl sites for hydroxylation is 1. The lowest BCUT2D eigenvalue weighted by atomic mass is 9.46. The summed E-state index contributed by atoms with van der Waals surface area (Å²) in [5.41, 5.74) is 3.39. The van der Waals surface area contributed by atoms with Crippen LogP contribution >= 0.6 is 0 Å². The normalized spacial score (nSPS) is 35.5. The molecule has 238 valence electrons. The van der Waals surface area contributed by atoms with Gasteiger partial charge in [-0.05, 0) is 104 Å². The summed E-state index contributed by atoms with van der Waals surface area (Å²) in [4.78, 5) is 14.7. The van der Waals surface area contributed by atoms with E-state index in [0.717, 1.165) is 36.5 Å². The molecule has 0 spiro atoms. The van der Waals surface area contributed by atoms with Crippen molar-refractivity contribution in [2.24, 2.45) is 51.4 Å². The van der Waals surface area contributed by atoms with E-state index in [1.165, 1.54) is 51.0 Å². The molecule has 8 atom stereocenters. The van der Waals surface area contributed by atoms with Gasteiger partial charge in [0.25, 0.3) is 10.0 Å². The Bertz CT molecular complexity index is 1350. The summed E-state index contributed by atoms with van der Waals surface area (Å²) in [7, 11) is -3.80. The van der Waals surface area contributed by atoms with Crippen molar-refractivity contribution < 1.29 is 17.9 Å². The Hall–Kier alpha value is -2.15. The molecule has 3 fully saturated rings. The highest BCUT2D eigenvalue weighted by atomic mass is 32.2. The number of esters is 1. The molecule has 1 aromatic rings. The molecule has 43 heavy (non-hydrogen) atoms. The van der Waals surface area contributed by atoms with Gasteiger partial charge in [-0.3, -0.25) is 4.79 Å². The maximum absolute atomic E-state index is 13.3. The van der Waals surface area contributed by atoms with E-state index in [0.29, 0.717) is 30.1 Å². The SMILES string of the molecule is CC(=O)O[C@H]1CC[C@@]2(C)C(=C/C(=N\NS(=O)(=O)c3ccc(C)cc3)[C@H]3[C@@H]4CC[C@@H]([C@H](C)CCCC(C)C)[C@@]4(C)CC[C@@H]32)C1. The number of carbonyl (C=O) groups is 1. The second-order valence-corrected chi connectivity index (χ2v) is 16.9. The minimum absolute atomic E-state index is 0.0124. The molecule has 0 amide bonds. The number of hydrogen-bond donors (Lipinski definition) is 1. The summed E-state index contributed by atoms with van der Waals surface area (Å²) in [6, 6.07) is 6.91. The molecule has 0 aromatic heterocycles. The average Bonchev–Trinajstić information content (AvgIpc) is 3.29. The molecular formula is C36H54N2O4S. The zero-order valence-electron chi connectivity index (χ0n) is 27.5. The largest absolute Gasteiger partial charge is 0.462 e. The Morgan fingerprint density at radius 1 is 1.02 bits per heavy atom. The molecule has 1 aromatic carbocycles. The van der Waals surface area contributed by atoms with Gasteiger partial charge in [0.05, 0.1) is 10.6 Å². The molecule has 0 heterocycles. The summed E-state index contributed by atoms with van der Waals surface area (Å²) >= 11 is 0. The van der Waals surface area contributed by atoms with Gasteiger partial charge in [-0.15, -0.1) is 0 Å². The van der Waals surface area contributed by atoms with E-state index in [1.807, 2.05) is 19.1 Å². The predicted octanol–water partition coefficient (Wildman–Crippen LogP) is 8.21. The molecule has 0 saturated heterocycles. The zero-order chi connectivity index (χ0) is 31.2. The third-order valence-electron chi connectivity index (χ3n) is 12.1. The van der Waals surface area contributed by atoms with E-state index < -0.39 is 10.0 Å². The second-order valence-electron chi connectivity index (χ2n) is 15.3. The van der Waals surface area contributed by atoms with Crippen molar-refractivity contribution in [3.8, 4) is 0 Å². The number of carbonyl (C=O) groups excluding carboxylic acids is 1. The Kier molecular flexibility index (Phi) is 9.25. The van der Waals surface area contributed by atoms with E-state index in [4.69, 9.17) is 9.84 Å². The van der Waals surface area contributed by atoms with Crippen LogP contribution in [0.15, 0.2) is 45.9 Å². The third-order valence-corrected chi connectivity index (χ3v) is 13.3. The first-order valence-electron chi connectivity index (χ1n) is 16.8. The number of sulfonamides is 1. The Balaban J connectivity index is 1.49. The lowest BCUT2D eigenvalue weighted by Crippen LogP contribution is -2.54. The minimum atomic E-state index is -3.80. The topological polar surface area (TPSA) is 84.8 Å². The number of fused-ring (bicyclic) bond motifs is 5. The number of allylic oxidation sites excluding steroid dienone is 1. The summed E-state index contributed by atoms with van der Waals surface area (Å²) in [6.07, 6.45) is 13.3. The molecule has 0 radical (unpaired) electrons. The predicted molar refractivity (Wildman–Crippen MR) is 173 cm³/mol. The van der Waals surface area contributed by atoms with Crippen molar-refractivity contribution in [1.29, 1.82) is 0 Å². The van der Waals surface area contributed by atoms with Crippen molar-refractivity contribution in [3.63, 3.8) is 0 Å². The van der Waals surface area contributed by atoms with Crippen LogP contribution in [0.4, 0.5) is 0 Å². The van der Waals surface area contributed by atoms with Crippen molar-refractivity contribution in [3.05, 3.63) is 41.5 Å². The molecule has 4 aliphatic rings. The van der Waals surface area contributed by atoms with Crippen LogP contribution in [0.5, 0.6) is 0 Å². The van der Waals surface area contributed by atoms with Crippen LogP contribution in [-0.2, 0) is 19.6 Å². The number of hydrazone groups is 1. The first-order valence-corrected chi connectivity index (χ1v) is 18.3. The Morgan fingerprint density at radius 2 is 1.74 bits per heavy atom. The van der Waals surface area contributed by atoms with Crippen LogP contribution in [0.1, 0.15) is 111 Å². The molecule has 0 bridgehead atoms. The summed E-state index contributed by atoms with van der Waals surface area (Å²) < 4.78 is 32.4. The summed E-state index contributed by atoms with van der Waals surface area (Å²) in [5, 5.41) is 4.77. The van der Waals surface area contributed by atoms with E-state index in [9.17, 15) is 13.2 Å². The zero-order valence-corrected chi connectivity index (χ0v) is 28.3. The first-order chi connectivity index (χ1) is 20.2. The highest BCUT2D eigenvalue weighted by Crippen LogP contribution is 2.67. The number of benzene rings is 1. The molecule has 3 saturated carbocycles. The Labute approximate surface area is 260 Å². The van der Waals surface area contributed by atoms with Crippen LogP contribution in [-0.4, -0.2) is 26.2 Å². The number of rotatable bonds is 9. The van der Waals surface area contributed by atoms with Gasteiger partial charge in [0, 0.05) is 19.3 Å². The van der Waals surface area contributed by atoms with Gasteiger partial charge < -0.3 is 4.74 Å². The fourth-order valence-corrected chi connectivity index (χ4v) is 10.6. The molecule has 5 rings (SSSR count). The van der Waals surface area contributed by atoms with Gasteiger partial charge in [-0.2, -0.15) is 18.4 Å². The molecule has 1 N–H and O–H groups in total. The number of ether oxygens (including phenoxy) is 1. The fourth-order valence-electron chi connectivity index (χ4n) is 9.74. The van der Waals surface area contributed by atoms with Gasteiger partial charge in [0.1, 0.15) is 6.10 Å². The monoisotopic (exact) mass is 610 g/mol. The quantitative estimate of drug-likeness (QED) is 0.226. The van der Waals surface area contributed by atoms with Gasteiger partial charge in [-0.25, -0.2) is 0 Å². The van der Waals surface area contributed by atoms with Gasteiger partial charge >= 0.3 is 5.97 Å². The van der Waals surface area contributed by atoms with Crippen LogP contribution < -0.4 is 4.83 Å². The molecule has 0 aliphatic heterocycles. The summed E-state index contributed by atoms with van der Waals surface area (Å²) in [6.45, 7) is 15.5. The van der Waals surface area contributed by atoms with Crippen LogP contribution in [0.3, 0.4) is 0 Å². The number of hydrogen-bond acceptors (Lipinski definition) is 5. The van der Waals surface area contributed by atoms with Crippen LogP contribution in [0, 0.1) is 53.3 Å². The van der Waals surface area contributed by atoms with E-state index in [1.54, 1.807) is 12.1 Å². The third kappa shape index (κ3) is 6.35. The van der Waals surface area contributed by atoms with Gasteiger partial charge in [0.2, 0.25) is 0 Å². The van der Waals surface area contributed by atoms with Crippen molar-refractivity contribution in [1.82, 2.24) is 4.83 Å². The molecule has 4 aliphatic carbocycles.